The summed E-state index contributed by atoms with van der Waals surface area (Å²) in [6, 6.07) is 3.53. The number of carboxylic acid groups (broad SMARTS) is 3. The Balaban J connectivity index is 2.88. The minimum Gasteiger partial charge on any atom is -0.481 e. The number of rotatable bonds is 23. The monoisotopic (exact) mass is 629 g/mol. The third kappa shape index (κ3) is 15.0. The number of carbonyl (C=O) groups excluding carboxylic acids is 5. The lowest BCUT2D eigenvalue weighted by molar-refractivity contribution is -0.145. The molecule has 0 aliphatic rings. The number of ketones is 1. The minimum atomic E-state index is -1.58. The molecule has 3 amide bonds. The van der Waals surface area contributed by atoms with Crippen LogP contribution in [0.1, 0.15) is 30.4 Å². The van der Waals surface area contributed by atoms with E-state index < -0.39 is 72.8 Å². The van der Waals surface area contributed by atoms with Gasteiger partial charge in [-0.1, -0.05) is 45.9 Å². The van der Waals surface area contributed by atoms with Gasteiger partial charge in [-0.2, -0.15) is 0 Å². The maximum Gasteiger partial charge on any atom is 0.327 e. The molecule has 17 heteroatoms. The molecule has 0 saturated heterocycles. The number of carbonyl (C=O) groups is 8. The Morgan fingerprint density at radius 3 is 2.05 bits per heavy atom. The van der Waals surface area contributed by atoms with Crippen LogP contribution in [-0.2, 0) is 56.1 Å². The zero-order valence-corrected chi connectivity index (χ0v) is 23.8. The van der Waals surface area contributed by atoms with Crippen LogP contribution < -0.4 is 16.0 Å². The number of carboxylic acids is 3. The van der Waals surface area contributed by atoms with Crippen molar-refractivity contribution >= 4 is 70.0 Å². The standard InChI is InChI=1S/C25H31N3O12S2/c29-13-26-11-16-3-1-15(2-4-16)7-21(32)27-18(10-23(35)36)20(31)8-17(9-22(33)34)24(37)28-19(25(38)39)12-42-41-6-5-40-14-30/h1-4,13-14,17-19H,5-12H2,(H,26,29)(H,27,32)(H,28,37)(H,33,34)(H,35,36)(H,38,39)/t17-,18-,19-/m0/s1. The lowest BCUT2D eigenvalue weighted by atomic mass is 9.93. The van der Waals surface area contributed by atoms with Crippen LogP contribution in [0.5, 0.6) is 0 Å². The molecule has 6 N–H and O–H groups in total. The Kier molecular flexibility index (Phi) is 17.0. The molecule has 1 aromatic rings. The molecule has 0 aliphatic heterocycles. The van der Waals surface area contributed by atoms with E-state index in [1.807, 2.05) is 0 Å². The second-order valence-electron chi connectivity index (χ2n) is 8.65. The van der Waals surface area contributed by atoms with E-state index in [1.165, 1.54) is 10.8 Å². The highest BCUT2D eigenvalue weighted by atomic mass is 33.1. The summed E-state index contributed by atoms with van der Waals surface area (Å²) in [7, 11) is 2.23. The molecule has 3 atom stereocenters. The van der Waals surface area contributed by atoms with Gasteiger partial charge < -0.3 is 36.0 Å². The smallest absolute Gasteiger partial charge is 0.327 e. The molecule has 1 rings (SSSR count). The van der Waals surface area contributed by atoms with E-state index in [0.29, 0.717) is 17.7 Å². The summed E-state index contributed by atoms with van der Waals surface area (Å²) >= 11 is 0. The largest absolute Gasteiger partial charge is 0.481 e. The first-order chi connectivity index (χ1) is 20.0. The van der Waals surface area contributed by atoms with Crippen molar-refractivity contribution in [1.29, 1.82) is 0 Å². The minimum absolute atomic E-state index is 0.0918. The van der Waals surface area contributed by atoms with Gasteiger partial charge in [-0.25, -0.2) is 4.79 Å². The van der Waals surface area contributed by atoms with Gasteiger partial charge in [-0.3, -0.25) is 33.6 Å². The lowest BCUT2D eigenvalue weighted by Gasteiger charge is -2.21. The van der Waals surface area contributed by atoms with Crippen molar-refractivity contribution in [2.45, 2.75) is 44.3 Å². The summed E-state index contributed by atoms with van der Waals surface area (Å²) < 4.78 is 4.51. The summed E-state index contributed by atoms with van der Waals surface area (Å²) in [6.07, 6.45) is -2.14. The lowest BCUT2D eigenvalue weighted by Crippen LogP contribution is -2.48. The van der Waals surface area contributed by atoms with Gasteiger partial charge in [0.2, 0.25) is 18.2 Å². The van der Waals surface area contributed by atoms with Crippen molar-refractivity contribution in [2.75, 3.05) is 18.1 Å². The summed E-state index contributed by atoms with van der Waals surface area (Å²) in [4.78, 5) is 93.3. The molecule has 0 aromatic heterocycles. The fourth-order valence-corrected chi connectivity index (χ4v) is 5.40. The van der Waals surface area contributed by atoms with Crippen LogP contribution in [0.3, 0.4) is 0 Å². The van der Waals surface area contributed by atoms with Crippen LogP contribution in [0.15, 0.2) is 24.3 Å². The molecule has 0 radical (unpaired) electrons. The van der Waals surface area contributed by atoms with Crippen molar-refractivity contribution in [1.82, 2.24) is 16.0 Å². The van der Waals surface area contributed by atoms with Crippen molar-refractivity contribution in [3.63, 3.8) is 0 Å². The van der Waals surface area contributed by atoms with E-state index in [4.69, 9.17) is 0 Å². The molecule has 0 heterocycles. The summed E-state index contributed by atoms with van der Waals surface area (Å²) in [5.41, 5.74) is 1.29. The predicted octanol–water partition coefficient (Wildman–Crippen LogP) is -0.391. The van der Waals surface area contributed by atoms with Gasteiger partial charge in [0.05, 0.1) is 31.2 Å². The quantitative estimate of drug-likeness (QED) is 0.0513. The maximum absolute atomic E-state index is 13.0. The number of hydrogen-bond donors (Lipinski definition) is 6. The van der Waals surface area contributed by atoms with Crippen LogP contribution in [0.2, 0.25) is 0 Å². The van der Waals surface area contributed by atoms with Crippen LogP contribution >= 0.6 is 21.6 Å². The van der Waals surface area contributed by atoms with Crippen LogP contribution in [0.4, 0.5) is 0 Å². The number of aliphatic carboxylic acids is 3. The molecule has 230 valence electrons. The second-order valence-corrected chi connectivity index (χ2v) is 11.3. The van der Waals surface area contributed by atoms with E-state index in [0.717, 1.165) is 16.4 Å². The molecule has 42 heavy (non-hydrogen) atoms. The first-order valence-electron chi connectivity index (χ1n) is 12.3. The third-order valence-corrected chi connectivity index (χ3v) is 7.78. The molecule has 0 saturated carbocycles. The zero-order valence-electron chi connectivity index (χ0n) is 22.2. The van der Waals surface area contributed by atoms with Gasteiger partial charge in [0.25, 0.3) is 6.47 Å². The highest BCUT2D eigenvalue weighted by Gasteiger charge is 2.32. The van der Waals surface area contributed by atoms with Gasteiger partial charge in [-0.05, 0) is 11.1 Å². The SMILES string of the molecule is O=CNCc1ccc(CC(=O)N[C@@H](CC(=O)O)C(=O)C[C@@H](CC(=O)O)C(=O)N[C@@H](CSSCCOC=O)C(=O)O)cc1. The maximum atomic E-state index is 13.0. The Morgan fingerprint density at radius 1 is 0.833 bits per heavy atom. The van der Waals surface area contributed by atoms with Gasteiger partial charge in [0.1, 0.15) is 12.6 Å². The van der Waals surface area contributed by atoms with Crippen molar-refractivity contribution in [3.05, 3.63) is 35.4 Å². The summed E-state index contributed by atoms with van der Waals surface area (Å²) in [5, 5.41) is 35.0. The Bertz CT molecular complexity index is 1120. The topological polar surface area (TPSA) is 243 Å². The molecule has 15 nitrogen and oxygen atoms in total. The first kappa shape index (κ1) is 35.9. The Hall–Kier alpha value is -4.12. The average Bonchev–Trinajstić information content (AvgIpc) is 2.92. The van der Waals surface area contributed by atoms with Crippen LogP contribution in [-0.4, -0.2) is 93.9 Å². The van der Waals surface area contributed by atoms with E-state index >= 15 is 0 Å². The summed E-state index contributed by atoms with van der Waals surface area (Å²) in [6.45, 7) is 0.631. The molecular formula is C25H31N3O12S2. The number of benzene rings is 1. The van der Waals surface area contributed by atoms with Crippen molar-refractivity contribution in [3.8, 4) is 0 Å². The highest BCUT2D eigenvalue weighted by molar-refractivity contribution is 8.76. The van der Waals surface area contributed by atoms with Crippen molar-refractivity contribution in [2.24, 2.45) is 5.92 Å². The molecule has 0 aliphatic carbocycles. The average molecular weight is 630 g/mol. The molecule has 1 aromatic carbocycles. The van der Waals surface area contributed by atoms with Gasteiger partial charge in [0.15, 0.2) is 5.78 Å². The third-order valence-electron chi connectivity index (χ3n) is 5.40. The molecule has 0 unspecified atom stereocenters. The van der Waals surface area contributed by atoms with Gasteiger partial charge in [0, 0.05) is 24.5 Å². The number of ether oxygens (including phenoxy) is 1. The highest BCUT2D eigenvalue weighted by Crippen LogP contribution is 2.22. The molecule has 0 spiro atoms. The Morgan fingerprint density at radius 2 is 1.48 bits per heavy atom. The fourth-order valence-electron chi connectivity index (χ4n) is 3.41. The first-order valence-corrected chi connectivity index (χ1v) is 14.8. The van der Waals surface area contributed by atoms with Gasteiger partial charge in [-0.15, -0.1) is 0 Å². The number of hydrogen-bond acceptors (Lipinski definition) is 11. The molecule has 0 bridgehead atoms. The molecular weight excluding hydrogens is 598 g/mol. The summed E-state index contributed by atoms with van der Waals surface area (Å²) in [5.74, 6) is -8.30. The Labute approximate surface area is 247 Å². The van der Waals surface area contributed by atoms with E-state index in [-0.39, 0.29) is 31.8 Å². The second kappa shape index (κ2) is 19.9. The normalized spacial score (nSPS) is 12.6. The van der Waals surface area contributed by atoms with E-state index in [9.17, 15) is 53.7 Å². The van der Waals surface area contributed by atoms with Crippen LogP contribution in [0, 0.1) is 5.92 Å². The fraction of sp³-hybridized carbons (Fsp3) is 0.440. The van der Waals surface area contributed by atoms with E-state index in [2.05, 4.69) is 20.7 Å². The number of nitrogens with one attached hydrogen (secondary N) is 3. The molecule has 0 fully saturated rings. The van der Waals surface area contributed by atoms with Gasteiger partial charge >= 0.3 is 17.9 Å². The van der Waals surface area contributed by atoms with Crippen molar-refractivity contribution < 1.29 is 58.4 Å². The number of amides is 3. The number of Topliss-reactive ketones (excluding diaryl/α,β-unsaturated/α-hetero) is 1. The van der Waals surface area contributed by atoms with E-state index in [1.54, 1.807) is 24.3 Å². The zero-order chi connectivity index (χ0) is 31.5. The van der Waals surface area contributed by atoms with Crippen LogP contribution in [0.25, 0.3) is 0 Å². The predicted molar refractivity (Wildman–Crippen MR) is 149 cm³/mol.